The maximum atomic E-state index is 11.7. The Morgan fingerprint density at radius 2 is 1.91 bits per heavy atom. The Morgan fingerprint density at radius 3 is 2.57 bits per heavy atom. The van der Waals surface area contributed by atoms with Gasteiger partial charge in [-0.1, -0.05) is 35.9 Å². The average molecular weight is 312 g/mol. The Balaban J connectivity index is 1.89. The first-order chi connectivity index (χ1) is 11.1. The summed E-state index contributed by atoms with van der Waals surface area (Å²) in [5, 5.41) is 0. The summed E-state index contributed by atoms with van der Waals surface area (Å²) in [6.45, 7) is 4.21. The van der Waals surface area contributed by atoms with Crippen molar-refractivity contribution in [1.29, 1.82) is 0 Å². The van der Waals surface area contributed by atoms with E-state index in [1.807, 2.05) is 18.2 Å². The van der Waals surface area contributed by atoms with Crippen molar-refractivity contribution >= 4 is 5.97 Å². The van der Waals surface area contributed by atoms with Gasteiger partial charge in [-0.05, 0) is 37.1 Å². The Bertz CT molecular complexity index is 706. The lowest BCUT2D eigenvalue weighted by atomic mass is 9.99. The molecular formula is C19H20O4. The van der Waals surface area contributed by atoms with Crippen LogP contribution in [-0.4, -0.2) is 25.8 Å². The molecule has 1 fully saturated rings. The van der Waals surface area contributed by atoms with E-state index in [0.717, 1.165) is 22.4 Å². The number of benzene rings is 2. The number of hydrogen-bond acceptors (Lipinski definition) is 4. The lowest BCUT2D eigenvalue weighted by Crippen LogP contribution is -2.11. The van der Waals surface area contributed by atoms with Gasteiger partial charge in [-0.25, -0.2) is 4.79 Å². The van der Waals surface area contributed by atoms with Crippen LogP contribution in [0.1, 0.15) is 24.2 Å². The Hall–Kier alpha value is -2.33. The predicted octanol–water partition coefficient (Wildman–Crippen LogP) is 3.67. The van der Waals surface area contributed by atoms with Crippen LogP contribution in [0.5, 0.6) is 5.75 Å². The Morgan fingerprint density at radius 1 is 1.17 bits per heavy atom. The van der Waals surface area contributed by atoms with Crippen LogP contribution in [0.4, 0.5) is 0 Å². The number of carbonyl (C=O) groups excluding carboxylic acids is 1. The van der Waals surface area contributed by atoms with Gasteiger partial charge in [0.1, 0.15) is 11.9 Å². The van der Waals surface area contributed by atoms with E-state index < -0.39 is 6.10 Å². The minimum absolute atomic E-state index is 0.232. The molecule has 0 aromatic heterocycles. The highest BCUT2D eigenvalue weighted by Gasteiger charge is 2.47. The smallest absolute Gasteiger partial charge is 0.338 e. The molecule has 0 N–H and O–H groups in total. The molecule has 1 saturated heterocycles. The van der Waals surface area contributed by atoms with Gasteiger partial charge in [0.2, 0.25) is 0 Å². The van der Waals surface area contributed by atoms with Crippen molar-refractivity contribution in [1.82, 2.24) is 0 Å². The van der Waals surface area contributed by atoms with E-state index in [9.17, 15) is 4.79 Å². The minimum atomic E-state index is -0.491. The third kappa shape index (κ3) is 3.22. The number of ether oxygens (including phenoxy) is 3. The summed E-state index contributed by atoms with van der Waals surface area (Å²) in [6.07, 6.45) is -0.724. The van der Waals surface area contributed by atoms with Crippen LogP contribution in [0.25, 0.3) is 11.1 Å². The number of methoxy groups -OCH3 is 1. The van der Waals surface area contributed by atoms with Crippen molar-refractivity contribution in [2.75, 3.05) is 13.7 Å². The van der Waals surface area contributed by atoms with Crippen molar-refractivity contribution in [3.8, 4) is 16.9 Å². The molecule has 23 heavy (non-hydrogen) atoms. The molecule has 2 aromatic carbocycles. The summed E-state index contributed by atoms with van der Waals surface area (Å²) in [5.41, 5.74) is 4.22. The molecule has 120 valence electrons. The average Bonchev–Trinajstić information content (AvgIpc) is 3.36. The van der Waals surface area contributed by atoms with Crippen LogP contribution in [0.15, 0.2) is 42.5 Å². The van der Waals surface area contributed by atoms with E-state index in [1.165, 1.54) is 5.56 Å². The fourth-order valence-corrected chi connectivity index (χ4v) is 2.63. The summed E-state index contributed by atoms with van der Waals surface area (Å²) in [5.74, 6) is 0.496. The summed E-state index contributed by atoms with van der Waals surface area (Å²) in [4.78, 5) is 11.7. The van der Waals surface area contributed by atoms with Gasteiger partial charge in [-0.3, -0.25) is 0 Å². The van der Waals surface area contributed by atoms with Crippen LogP contribution in [0.2, 0.25) is 0 Å². The Kier molecular flexibility index (Phi) is 4.35. The van der Waals surface area contributed by atoms with Crippen molar-refractivity contribution in [3.63, 3.8) is 0 Å². The van der Waals surface area contributed by atoms with Crippen LogP contribution in [-0.2, 0) is 14.3 Å². The summed E-state index contributed by atoms with van der Waals surface area (Å²) in [7, 11) is 1.65. The maximum Gasteiger partial charge on any atom is 0.338 e. The summed E-state index contributed by atoms with van der Waals surface area (Å²) in [6, 6.07) is 14.1. The van der Waals surface area contributed by atoms with E-state index in [2.05, 4.69) is 31.2 Å². The maximum absolute atomic E-state index is 11.7. The first-order valence-electron chi connectivity index (χ1n) is 7.71. The van der Waals surface area contributed by atoms with Crippen LogP contribution >= 0.6 is 0 Å². The van der Waals surface area contributed by atoms with E-state index in [1.54, 1.807) is 14.0 Å². The van der Waals surface area contributed by atoms with E-state index in [0.29, 0.717) is 6.61 Å². The third-order valence-electron chi connectivity index (χ3n) is 3.93. The molecule has 4 nitrogen and oxygen atoms in total. The van der Waals surface area contributed by atoms with E-state index in [-0.39, 0.29) is 12.1 Å². The quantitative estimate of drug-likeness (QED) is 0.624. The van der Waals surface area contributed by atoms with Gasteiger partial charge in [0.15, 0.2) is 6.10 Å². The predicted molar refractivity (Wildman–Crippen MR) is 87.4 cm³/mol. The zero-order chi connectivity index (χ0) is 16.4. The highest BCUT2D eigenvalue weighted by atomic mass is 16.6. The van der Waals surface area contributed by atoms with E-state index >= 15 is 0 Å². The molecule has 0 bridgehead atoms. The second-order valence-corrected chi connectivity index (χ2v) is 5.56. The number of aryl methyl sites for hydroxylation is 1. The monoisotopic (exact) mass is 312 g/mol. The minimum Gasteiger partial charge on any atom is -0.496 e. The van der Waals surface area contributed by atoms with Crippen LogP contribution in [0, 0.1) is 6.92 Å². The van der Waals surface area contributed by atoms with Gasteiger partial charge in [0.05, 0.1) is 13.7 Å². The van der Waals surface area contributed by atoms with Crippen LogP contribution < -0.4 is 4.74 Å². The summed E-state index contributed by atoms with van der Waals surface area (Å²) < 4.78 is 16.0. The second-order valence-electron chi connectivity index (χ2n) is 5.56. The molecule has 1 aliphatic rings. The first-order valence-corrected chi connectivity index (χ1v) is 7.71. The van der Waals surface area contributed by atoms with Gasteiger partial charge < -0.3 is 14.2 Å². The molecule has 4 heteroatoms. The van der Waals surface area contributed by atoms with E-state index in [4.69, 9.17) is 14.2 Å². The van der Waals surface area contributed by atoms with Crippen molar-refractivity contribution in [2.24, 2.45) is 0 Å². The van der Waals surface area contributed by atoms with Crippen molar-refractivity contribution < 1.29 is 19.0 Å². The first kappa shape index (κ1) is 15.6. The van der Waals surface area contributed by atoms with Gasteiger partial charge in [0.25, 0.3) is 0 Å². The molecule has 0 amide bonds. The molecule has 0 aliphatic carbocycles. The molecule has 0 spiro atoms. The number of esters is 1. The topological polar surface area (TPSA) is 48.1 Å². The molecule has 2 aromatic rings. The highest BCUT2D eigenvalue weighted by Crippen LogP contribution is 2.42. The second kappa shape index (κ2) is 6.42. The molecule has 2 atom stereocenters. The molecule has 1 heterocycles. The fourth-order valence-electron chi connectivity index (χ4n) is 2.63. The molecular weight excluding hydrogens is 292 g/mol. The lowest BCUT2D eigenvalue weighted by Gasteiger charge is -2.10. The van der Waals surface area contributed by atoms with Crippen molar-refractivity contribution in [3.05, 3.63) is 53.6 Å². The molecule has 0 saturated carbocycles. The lowest BCUT2D eigenvalue weighted by molar-refractivity contribution is -0.144. The molecule has 2 unspecified atom stereocenters. The normalized spacial score (nSPS) is 19.3. The van der Waals surface area contributed by atoms with Gasteiger partial charge in [-0.2, -0.15) is 0 Å². The van der Waals surface area contributed by atoms with Gasteiger partial charge in [-0.15, -0.1) is 0 Å². The summed E-state index contributed by atoms with van der Waals surface area (Å²) >= 11 is 0. The SMILES string of the molecule is CCOC(=O)C1OC1c1ccc(OC)c(-c2ccc(C)cc2)c1. The Labute approximate surface area is 136 Å². The van der Waals surface area contributed by atoms with Gasteiger partial charge in [0, 0.05) is 5.56 Å². The van der Waals surface area contributed by atoms with Crippen LogP contribution in [0.3, 0.4) is 0 Å². The number of carbonyl (C=O) groups is 1. The zero-order valence-corrected chi connectivity index (χ0v) is 13.5. The molecule has 1 aliphatic heterocycles. The molecule has 0 radical (unpaired) electrons. The standard InChI is InChI=1S/C19H20O4/c1-4-22-19(20)18-17(23-18)14-9-10-16(21-3)15(11-14)13-7-5-12(2)6-8-13/h5-11,17-18H,4H2,1-3H3. The zero-order valence-electron chi connectivity index (χ0n) is 13.5. The largest absolute Gasteiger partial charge is 0.496 e. The highest BCUT2D eigenvalue weighted by molar-refractivity contribution is 5.79. The number of hydrogen-bond donors (Lipinski definition) is 0. The number of rotatable bonds is 5. The third-order valence-corrected chi connectivity index (χ3v) is 3.93. The number of epoxide rings is 1. The van der Waals surface area contributed by atoms with Gasteiger partial charge >= 0.3 is 5.97 Å². The fraction of sp³-hybridized carbons (Fsp3) is 0.316. The van der Waals surface area contributed by atoms with Crippen molar-refractivity contribution in [2.45, 2.75) is 26.1 Å². The molecule has 3 rings (SSSR count).